The lowest BCUT2D eigenvalue weighted by molar-refractivity contribution is -0.266. The molecule has 106 valence electrons. The van der Waals surface area contributed by atoms with Crippen LogP contribution >= 0.6 is 0 Å². The Balaban J connectivity index is 3.11. The number of aromatic carboxylic acids is 1. The molecule has 8 heteroatoms. The van der Waals surface area contributed by atoms with Gasteiger partial charge in [0.15, 0.2) is 0 Å². The number of aryl methyl sites for hydroxylation is 1. The van der Waals surface area contributed by atoms with Gasteiger partial charge in [0.1, 0.15) is 5.56 Å². The third-order valence-electron chi connectivity index (χ3n) is 2.90. The highest BCUT2D eigenvalue weighted by atomic mass is 19.4. The summed E-state index contributed by atoms with van der Waals surface area (Å²) in [6.07, 6.45) is -4.83. The van der Waals surface area contributed by atoms with Crippen LogP contribution in [0.3, 0.4) is 0 Å². The molecule has 5 nitrogen and oxygen atoms in total. The fraction of sp³-hybridized carbons (Fsp3) is 0.167. The quantitative estimate of drug-likeness (QED) is 0.857. The van der Waals surface area contributed by atoms with E-state index < -0.39 is 40.0 Å². The average molecular weight is 286 g/mol. The lowest BCUT2D eigenvalue weighted by Gasteiger charge is -2.20. The molecule has 0 saturated carbocycles. The Bertz CT molecular complexity index is 777. The number of benzene rings is 1. The Morgan fingerprint density at radius 3 is 2.45 bits per heavy atom. The first kappa shape index (κ1) is 13.9. The lowest BCUT2D eigenvalue weighted by Crippen LogP contribution is -2.27. The molecule has 0 aliphatic heterocycles. The second kappa shape index (κ2) is 4.26. The van der Waals surface area contributed by atoms with Crippen LogP contribution in [0.15, 0.2) is 23.0 Å². The zero-order valence-corrected chi connectivity index (χ0v) is 9.99. The molecule has 0 atom stereocenters. The Morgan fingerprint density at radius 1 is 1.35 bits per heavy atom. The van der Waals surface area contributed by atoms with Crippen molar-refractivity contribution in [2.24, 2.45) is 7.05 Å². The second-order valence-corrected chi connectivity index (χ2v) is 4.07. The number of alkyl halides is 3. The fourth-order valence-corrected chi connectivity index (χ4v) is 1.98. The molecule has 0 aliphatic carbocycles. The van der Waals surface area contributed by atoms with Crippen LogP contribution in [0.5, 0.6) is 5.75 Å². The fourth-order valence-electron chi connectivity index (χ4n) is 1.98. The van der Waals surface area contributed by atoms with Crippen LogP contribution in [0.25, 0.3) is 10.9 Å². The highest BCUT2D eigenvalue weighted by Gasteiger charge is 2.33. The summed E-state index contributed by atoms with van der Waals surface area (Å²) < 4.78 is 39.4. The SMILES string of the molecule is Cn1c(=O)c(C(=O)O)c([O-])c2c(C(F)(F)F)cccc21. The van der Waals surface area contributed by atoms with Gasteiger partial charge >= 0.3 is 12.1 Å². The van der Waals surface area contributed by atoms with Gasteiger partial charge in [0.2, 0.25) is 0 Å². The van der Waals surface area contributed by atoms with Gasteiger partial charge in [-0.2, -0.15) is 13.2 Å². The van der Waals surface area contributed by atoms with E-state index in [-0.39, 0.29) is 5.52 Å². The number of halogens is 3. The van der Waals surface area contributed by atoms with Crippen molar-refractivity contribution in [1.29, 1.82) is 0 Å². The predicted octanol–water partition coefficient (Wildman–Crippen LogP) is 1.33. The van der Waals surface area contributed by atoms with E-state index in [2.05, 4.69) is 0 Å². The van der Waals surface area contributed by atoms with Crippen LogP contribution < -0.4 is 10.7 Å². The van der Waals surface area contributed by atoms with Gasteiger partial charge in [0, 0.05) is 12.4 Å². The number of carboxylic acids is 1. The molecule has 0 radical (unpaired) electrons. The molecular formula is C12H7F3NO4-. The van der Waals surface area contributed by atoms with Gasteiger partial charge in [-0.1, -0.05) is 11.8 Å². The highest BCUT2D eigenvalue weighted by Crippen LogP contribution is 2.37. The molecule has 0 aliphatic rings. The Labute approximate surface area is 109 Å². The summed E-state index contributed by atoms with van der Waals surface area (Å²) in [7, 11) is 1.11. The van der Waals surface area contributed by atoms with Gasteiger partial charge in [-0.05, 0) is 12.1 Å². The number of hydrogen-bond acceptors (Lipinski definition) is 3. The molecule has 1 aromatic heterocycles. The molecule has 1 heterocycles. The summed E-state index contributed by atoms with van der Waals surface area (Å²) in [6, 6.07) is 2.86. The molecule has 0 saturated heterocycles. The molecule has 0 spiro atoms. The summed E-state index contributed by atoms with van der Waals surface area (Å²) in [6.45, 7) is 0. The molecule has 0 amide bonds. The van der Waals surface area contributed by atoms with Gasteiger partial charge in [0.25, 0.3) is 5.56 Å². The van der Waals surface area contributed by atoms with Crippen molar-refractivity contribution in [3.05, 3.63) is 39.7 Å². The molecule has 1 N–H and O–H groups in total. The van der Waals surface area contributed by atoms with Gasteiger partial charge < -0.3 is 14.8 Å². The monoisotopic (exact) mass is 286 g/mol. The number of aromatic nitrogens is 1. The van der Waals surface area contributed by atoms with E-state index in [9.17, 15) is 27.9 Å². The number of hydrogen-bond donors (Lipinski definition) is 1. The minimum atomic E-state index is -4.83. The number of rotatable bonds is 1. The van der Waals surface area contributed by atoms with Crippen molar-refractivity contribution in [1.82, 2.24) is 4.57 Å². The molecule has 2 aromatic rings. The van der Waals surface area contributed by atoms with E-state index in [0.29, 0.717) is 6.07 Å². The molecular weight excluding hydrogens is 279 g/mol. The maximum Gasteiger partial charge on any atom is 0.417 e. The zero-order chi connectivity index (χ0) is 15.2. The second-order valence-electron chi connectivity index (χ2n) is 4.07. The topological polar surface area (TPSA) is 82.4 Å². The van der Waals surface area contributed by atoms with Gasteiger partial charge in [-0.3, -0.25) is 4.79 Å². The van der Waals surface area contributed by atoms with E-state index in [0.717, 1.165) is 23.7 Å². The van der Waals surface area contributed by atoms with Crippen molar-refractivity contribution >= 4 is 16.9 Å². The maximum absolute atomic E-state index is 12.9. The summed E-state index contributed by atoms with van der Waals surface area (Å²) in [4.78, 5) is 22.6. The highest BCUT2D eigenvalue weighted by molar-refractivity contribution is 5.99. The van der Waals surface area contributed by atoms with Crippen molar-refractivity contribution in [3.8, 4) is 5.75 Å². The summed E-state index contributed by atoms with van der Waals surface area (Å²) in [5.74, 6) is -3.28. The Kier molecular flexibility index (Phi) is 2.96. The number of carbonyl (C=O) groups is 1. The van der Waals surface area contributed by atoms with Crippen molar-refractivity contribution in [3.63, 3.8) is 0 Å². The molecule has 1 aromatic carbocycles. The standard InChI is InChI=1S/C12H8F3NO4/c1-16-6-4-2-3-5(12(13,14)15)7(6)9(17)8(10(16)18)11(19)20/h2-4,17H,1H3,(H,19,20)/p-1. The van der Waals surface area contributed by atoms with Gasteiger partial charge in [-0.25, -0.2) is 4.79 Å². The van der Waals surface area contributed by atoms with Gasteiger partial charge in [-0.15, -0.1) is 0 Å². The summed E-state index contributed by atoms with van der Waals surface area (Å²) in [5.41, 5.74) is -3.87. The number of fused-ring (bicyclic) bond motifs is 1. The van der Waals surface area contributed by atoms with Crippen LogP contribution in [-0.4, -0.2) is 15.6 Å². The summed E-state index contributed by atoms with van der Waals surface area (Å²) in [5, 5.41) is 19.9. The smallest absolute Gasteiger partial charge is 0.417 e. The zero-order valence-electron chi connectivity index (χ0n) is 9.99. The van der Waals surface area contributed by atoms with Crippen LogP contribution in [0.1, 0.15) is 15.9 Å². The van der Waals surface area contributed by atoms with E-state index in [1.54, 1.807) is 0 Å². The van der Waals surface area contributed by atoms with Crippen LogP contribution in [0.2, 0.25) is 0 Å². The van der Waals surface area contributed by atoms with E-state index in [1.807, 2.05) is 0 Å². The molecule has 2 rings (SSSR count). The number of nitrogens with zero attached hydrogens (tertiary/aromatic N) is 1. The van der Waals surface area contributed by atoms with Crippen molar-refractivity contribution in [2.75, 3.05) is 0 Å². The lowest BCUT2D eigenvalue weighted by atomic mass is 10.0. The summed E-state index contributed by atoms with van der Waals surface area (Å²) >= 11 is 0. The average Bonchev–Trinajstić information content (AvgIpc) is 2.34. The van der Waals surface area contributed by atoms with Crippen LogP contribution in [0, 0.1) is 0 Å². The maximum atomic E-state index is 12.9. The number of carboxylic acid groups (broad SMARTS) is 1. The largest absolute Gasteiger partial charge is 0.871 e. The first-order chi connectivity index (χ1) is 9.16. The first-order valence-electron chi connectivity index (χ1n) is 5.29. The normalized spacial score (nSPS) is 11.8. The molecule has 0 unspecified atom stereocenters. The minimum Gasteiger partial charge on any atom is -0.871 e. The molecule has 0 bridgehead atoms. The van der Waals surface area contributed by atoms with Crippen molar-refractivity contribution in [2.45, 2.75) is 6.18 Å². The predicted molar refractivity (Wildman–Crippen MR) is 60.6 cm³/mol. The Hall–Kier alpha value is -2.51. The minimum absolute atomic E-state index is 0.264. The first-order valence-corrected chi connectivity index (χ1v) is 5.29. The van der Waals surface area contributed by atoms with Gasteiger partial charge in [0.05, 0.1) is 11.1 Å². The van der Waals surface area contributed by atoms with E-state index in [1.165, 1.54) is 0 Å². The van der Waals surface area contributed by atoms with E-state index >= 15 is 0 Å². The molecule has 20 heavy (non-hydrogen) atoms. The Morgan fingerprint density at radius 2 is 1.95 bits per heavy atom. The van der Waals surface area contributed by atoms with Crippen molar-refractivity contribution < 1.29 is 28.2 Å². The molecule has 0 fully saturated rings. The third kappa shape index (κ3) is 1.89. The number of pyridine rings is 1. The third-order valence-corrected chi connectivity index (χ3v) is 2.90. The van der Waals surface area contributed by atoms with Crippen LogP contribution in [0.4, 0.5) is 13.2 Å². The van der Waals surface area contributed by atoms with Crippen LogP contribution in [-0.2, 0) is 13.2 Å². The van der Waals surface area contributed by atoms with E-state index in [4.69, 9.17) is 5.11 Å².